The van der Waals surface area contributed by atoms with Gasteiger partial charge in [0.1, 0.15) is 6.10 Å². The first-order valence-electron chi connectivity index (χ1n) is 8.67. The van der Waals surface area contributed by atoms with E-state index >= 15 is 0 Å². The van der Waals surface area contributed by atoms with E-state index in [1.165, 1.54) is 17.3 Å². The largest absolute Gasteiger partial charge is 0.458 e. The van der Waals surface area contributed by atoms with Gasteiger partial charge < -0.3 is 9.64 Å². The lowest BCUT2D eigenvalue weighted by atomic mass is 10.1. The monoisotopic (exact) mass is 391 g/mol. The second-order valence-corrected chi connectivity index (χ2v) is 8.63. The van der Waals surface area contributed by atoms with Crippen LogP contribution < -0.4 is 4.74 Å². The molecule has 26 heavy (non-hydrogen) atoms. The molecule has 1 aromatic carbocycles. The average molecular weight is 392 g/mol. The van der Waals surface area contributed by atoms with Crippen molar-refractivity contribution in [2.45, 2.75) is 42.9 Å². The van der Waals surface area contributed by atoms with Crippen molar-refractivity contribution in [3.05, 3.63) is 47.2 Å². The Bertz CT molecular complexity index is 737. The summed E-state index contributed by atoms with van der Waals surface area (Å²) in [6.07, 6.45) is 4.12. The summed E-state index contributed by atoms with van der Waals surface area (Å²) in [5.41, 5.74) is 1.04. The number of likely N-dealkylation sites (tertiary alicyclic amines) is 1. The molecule has 2 aromatic rings. The first-order valence-corrected chi connectivity index (χ1v) is 9.93. The smallest absolute Gasteiger partial charge is 0.316 e. The van der Waals surface area contributed by atoms with Crippen molar-refractivity contribution in [3.8, 4) is 6.01 Å². The van der Waals surface area contributed by atoms with Crippen molar-refractivity contribution in [2.75, 3.05) is 13.1 Å². The van der Waals surface area contributed by atoms with Crippen LogP contribution in [-0.4, -0.2) is 45.2 Å². The minimum absolute atomic E-state index is 0.0788. The first kappa shape index (κ1) is 19.0. The minimum Gasteiger partial charge on any atom is -0.458 e. The molecule has 7 heteroatoms. The summed E-state index contributed by atoms with van der Waals surface area (Å²) in [5.74, 6) is 0.123. The van der Waals surface area contributed by atoms with Gasteiger partial charge in [-0.2, -0.15) is 0 Å². The summed E-state index contributed by atoms with van der Waals surface area (Å²) in [4.78, 5) is 23.7. The van der Waals surface area contributed by atoms with Gasteiger partial charge in [-0.05, 0) is 17.7 Å². The normalized spacial score (nSPS) is 16.9. The molecule has 1 aliphatic heterocycles. The number of benzene rings is 1. The van der Waals surface area contributed by atoms with Crippen LogP contribution >= 0.6 is 23.4 Å². The van der Waals surface area contributed by atoms with E-state index in [1.54, 1.807) is 0 Å². The molecular formula is C19H22ClN3O2S. The van der Waals surface area contributed by atoms with Crippen molar-refractivity contribution >= 4 is 29.3 Å². The summed E-state index contributed by atoms with van der Waals surface area (Å²) in [5, 5.41) is 1.02. The molecule has 0 radical (unpaired) electrons. The summed E-state index contributed by atoms with van der Waals surface area (Å²) in [6.45, 7) is 5.59. The molecule has 2 heterocycles. The van der Waals surface area contributed by atoms with Crippen molar-refractivity contribution in [3.63, 3.8) is 0 Å². The minimum atomic E-state index is -0.0788. The van der Waals surface area contributed by atoms with Crippen molar-refractivity contribution < 1.29 is 9.53 Å². The topological polar surface area (TPSA) is 55.3 Å². The molecule has 0 spiro atoms. The molecule has 1 atom stereocenters. The van der Waals surface area contributed by atoms with Crippen LogP contribution in [-0.2, 0) is 11.2 Å². The second kappa shape index (κ2) is 8.73. The molecule has 0 saturated carbocycles. The highest BCUT2D eigenvalue weighted by Gasteiger charge is 2.28. The Balaban J connectivity index is 1.50. The molecule has 0 bridgehead atoms. The number of halogens is 1. The van der Waals surface area contributed by atoms with Gasteiger partial charge in [-0.3, -0.25) is 4.79 Å². The van der Waals surface area contributed by atoms with Crippen molar-refractivity contribution in [2.24, 2.45) is 0 Å². The molecule has 1 aliphatic rings. The number of ether oxygens (including phenoxy) is 1. The van der Waals surface area contributed by atoms with Crippen LogP contribution in [0.3, 0.4) is 0 Å². The van der Waals surface area contributed by atoms with Crippen LogP contribution in [0.2, 0.25) is 5.02 Å². The number of rotatable bonds is 6. The molecule has 3 rings (SSSR count). The highest BCUT2D eigenvalue weighted by atomic mass is 35.5. The summed E-state index contributed by atoms with van der Waals surface area (Å²) < 4.78 is 5.74. The predicted octanol–water partition coefficient (Wildman–Crippen LogP) is 3.85. The fourth-order valence-electron chi connectivity index (χ4n) is 2.81. The maximum atomic E-state index is 12.5. The summed E-state index contributed by atoms with van der Waals surface area (Å²) in [7, 11) is 0. The number of carbonyl (C=O) groups is 1. The number of thioether (sulfide) groups is 1. The van der Waals surface area contributed by atoms with Crippen LogP contribution in [0.25, 0.3) is 0 Å². The quantitative estimate of drug-likeness (QED) is 0.700. The van der Waals surface area contributed by atoms with Gasteiger partial charge in [0.2, 0.25) is 5.91 Å². The van der Waals surface area contributed by atoms with Crippen LogP contribution in [0.1, 0.15) is 25.8 Å². The molecule has 5 nitrogen and oxygen atoms in total. The van der Waals surface area contributed by atoms with E-state index in [0.717, 1.165) is 12.0 Å². The van der Waals surface area contributed by atoms with Crippen LogP contribution in [0.5, 0.6) is 6.01 Å². The van der Waals surface area contributed by atoms with E-state index in [0.29, 0.717) is 35.8 Å². The second-order valence-electron chi connectivity index (χ2n) is 6.54. The van der Waals surface area contributed by atoms with E-state index in [9.17, 15) is 4.79 Å². The molecule has 1 saturated heterocycles. The Morgan fingerprint density at radius 1 is 1.31 bits per heavy atom. The molecule has 1 amide bonds. The lowest BCUT2D eigenvalue weighted by molar-refractivity contribution is -0.129. The van der Waals surface area contributed by atoms with E-state index in [1.807, 2.05) is 28.8 Å². The Labute approximate surface area is 163 Å². The zero-order valence-corrected chi connectivity index (χ0v) is 16.5. The maximum Gasteiger partial charge on any atom is 0.316 e. The Hall–Kier alpha value is -1.79. The molecular weight excluding hydrogens is 370 g/mol. The highest BCUT2D eigenvalue weighted by molar-refractivity contribution is 7.99. The fraction of sp³-hybridized carbons (Fsp3) is 0.421. The maximum absolute atomic E-state index is 12.5. The Morgan fingerprint density at radius 2 is 2.00 bits per heavy atom. The van der Waals surface area contributed by atoms with Crippen molar-refractivity contribution in [1.29, 1.82) is 0 Å². The number of hydrogen-bond acceptors (Lipinski definition) is 5. The Kier molecular flexibility index (Phi) is 6.38. The number of nitrogens with zero attached hydrogens (tertiary/aromatic N) is 3. The number of aromatic nitrogens is 2. The standard InChI is InChI=1S/C19H22ClN3O2S/c1-13(2)26-17-5-3-14(4-6-17)9-18(24)23-8-7-16(12-23)25-19-21-10-15(20)11-22-19/h3-6,10-11,13,16H,7-9,12H2,1-2H3. The molecule has 1 fully saturated rings. The van der Waals surface area contributed by atoms with Gasteiger partial charge >= 0.3 is 6.01 Å². The number of carbonyl (C=O) groups excluding carboxylic acids is 1. The SMILES string of the molecule is CC(C)Sc1ccc(CC(=O)N2CCC(Oc3ncc(Cl)cn3)C2)cc1. The lowest BCUT2D eigenvalue weighted by Gasteiger charge is -2.17. The van der Waals surface area contributed by atoms with Crippen LogP contribution in [0.4, 0.5) is 0 Å². The molecule has 138 valence electrons. The van der Waals surface area contributed by atoms with E-state index in [4.69, 9.17) is 16.3 Å². The number of amides is 1. The van der Waals surface area contributed by atoms with E-state index in [-0.39, 0.29) is 12.0 Å². The lowest BCUT2D eigenvalue weighted by Crippen LogP contribution is -2.32. The van der Waals surface area contributed by atoms with Crippen molar-refractivity contribution in [1.82, 2.24) is 14.9 Å². The third-order valence-corrected chi connectivity index (χ3v) is 5.23. The molecule has 0 N–H and O–H groups in total. The summed E-state index contributed by atoms with van der Waals surface area (Å²) in [6, 6.07) is 8.54. The average Bonchev–Trinajstić information content (AvgIpc) is 3.07. The van der Waals surface area contributed by atoms with E-state index in [2.05, 4.69) is 35.9 Å². The first-order chi connectivity index (χ1) is 12.5. The van der Waals surface area contributed by atoms with Gasteiger partial charge in [0.05, 0.1) is 30.4 Å². The predicted molar refractivity (Wildman–Crippen MR) is 104 cm³/mol. The third-order valence-electron chi connectivity index (χ3n) is 4.02. The van der Waals surface area contributed by atoms with Gasteiger partial charge in [0.25, 0.3) is 0 Å². The zero-order chi connectivity index (χ0) is 18.5. The summed E-state index contributed by atoms with van der Waals surface area (Å²) >= 11 is 7.59. The van der Waals surface area contributed by atoms with Crippen LogP contribution in [0, 0.1) is 0 Å². The highest BCUT2D eigenvalue weighted by Crippen LogP contribution is 2.23. The van der Waals surface area contributed by atoms with Gasteiger partial charge in [-0.1, -0.05) is 37.6 Å². The molecule has 1 unspecified atom stereocenters. The van der Waals surface area contributed by atoms with Crippen LogP contribution in [0.15, 0.2) is 41.6 Å². The molecule has 0 aliphatic carbocycles. The molecule has 1 aromatic heterocycles. The van der Waals surface area contributed by atoms with Gasteiger partial charge in [0, 0.05) is 23.1 Å². The van der Waals surface area contributed by atoms with Gasteiger partial charge in [-0.25, -0.2) is 9.97 Å². The third kappa shape index (κ3) is 5.35. The number of hydrogen-bond donors (Lipinski definition) is 0. The zero-order valence-electron chi connectivity index (χ0n) is 14.9. The van der Waals surface area contributed by atoms with Gasteiger partial charge in [0.15, 0.2) is 0 Å². The Morgan fingerprint density at radius 3 is 2.65 bits per heavy atom. The fourth-order valence-corrected chi connectivity index (χ4v) is 3.74. The van der Waals surface area contributed by atoms with E-state index < -0.39 is 0 Å². The van der Waals surface area contributed by atoms with Gasteiger partial charge in [-0.15, -0.1) is 11.8 Å².